The minimum Gasteiger partial charge on any atom is -0.361 e. The fourth-order valence-corrected chi connectivity index (χ4v) is 3.16. The Morgan fingerprint density at radius 1 is 0.931 bits per heavy atom. The number of carbonyl (C=O) groups excluding carboxylic acids is 2. The largest absolute Gasteiger partial charge is 0.361 e. The Balaban J connectivity index is 1.37. The second kappa shape index (κ2) is 8.39. The molecule has 0 atom stereocenters. The minimum atomic E-state index is -0.357. The van der Waals surface area contributed by atoms with Crippen LogP contribution in [-0.4, -0.2) is 28.3 Å². The van der Waals surface area contributed by atoms with E-state index < -0.39 is 0 Å². The number of H-pyrrole nitrogens is 1. The summed E-state index contributed by atoms with van der Waals surface area (Å²) in [5, 5.41) is 6.83. The van der Waals surface area contributed by atoms with Crippen LogP contribution in [0.5, 0.6) is 0 Å². The van der Waals surface area contributed by atoms with Gasteiger partial charge in [0.2, 0.25) is 0 Å². The first-order valence-corrected chi connectivity index (χ1v) is 9.36. The lowest BCUT2D eigenvalue weighted by Crippen LogP contribution is -2.26. The molecule has 2 heterocycles. The van der Waals surface area contributed by atoms with E-state index in [1.165, 1.54) is 12.3 Å². The van der Waals surface area contributed by atoms with Crippen molar-refractivity contribution in [1.82, 2.24) is 15.3 Å². The van der Waals surface area contributed by atoms with E-state index >= 15 is 0 Å². The van der Waals surface area contributed by atoms with Crippen LogP contribution in [0.25, 0.3) is 10.9 Å². The highest BCUT2D eigenvalue weighted by Gasteiger charge is 2.12. The van der Waals surface area contributed by atoms with E-state index in [1.54, 1.807) is 18.2 Å². The molecule has 0 saturated carbocycles. The number of fused-ring (bicyclic) bond motifs is 1. The van der Waals surface area contributed by atoms with Crippen molar-refractivity contribution in [2.24, 2.45) is 0 Å². The molecule has 144 valence electrons. The summed E-state index contributed by atoms with van der Waals surface area (Å²) in [5.74, 6) is -0.592. The van der Waals surface area contributed by atoms with Gasteiger partial charge in [0.25, 0.3) is 11.8 Å². The maximum Gasteiger partial charge on any atom is 0.274 e. The highest BCUT2D eigenvalue weighted by atomic mass is 16.2. The Bertz CT molecular complexity index is 1150. The van der Waals surface area contributed by atoms with Gasteiger partial charge in [0, 0.05) is 41.1 Å². The Hall–Kier alpha value is -3.93. The lowest BCUT2D eigenvalue weighted by molar-refractivity contribution is 0.0954. The van der Waals surface area contributed by atoms with Crippen molar-refractivity contribution in [1.29, 1.82) is 0 Å². The van der Waals surface area contributed by atoms with Crippen molar-refractivity contribution in [2.45, 2.75) is 6.42 Å². The van der Waals surface area contributed by atoms with Gasteiger partial charge >= 0.3 is 0 Å². The first kappa shape index (κ1) is 18.4. The quantitative estimate of drug-likeness (QED) is 0.473. The number of hydrogen-bond donors (Lipinski definition) is 3. The summed E-state index contributed by atoms with van der Waals surface area (Å²) in [4.78, 5) is 32.2. The summed E-state index contributed by atoms with van der Waals surface area (Å²) in [5.41, 5.74) is 3.50. The highest BCUT2D eigenvalue weighted by molar-refractivity contribution is 6.04. The van der Waals surface area contributed by atoms with Crippen LogP contribution in [0, 0.1) is 0 Å². The first-order valence-electron chi connectivity index (χ1n) is 9.36. The summed E-state index contributed by atoms with van der Waals surface area (Å²) < 4.78 is 0. The van der Waals surface area contributed by atoms with Crippen molar-refractivity contribution in [3.63, 3.8) is 0 Å². The van der Waals surface area contributed by atoms with Gasteiger partial charge in [-0.05, 0) is 42.3 Å². The zero-order chi connectivity index (χ0) is 20.1. The molecule has 0 bridgehead atoms. The SMILES string of the molecule is O=C(NCCc1c[nH]c2ccccc12)c1ccnc(C(=O)Nc2ccccc2)c1. The average Bonchev–Trinajstić information content (AvgIpc) is 3.18. The maximum absolute atomic E-state index is 12.5. The number of rotatable bonds is 6. The summed E-state index contributed by atoms with van der Waals surface area (Å²) in [7, 11) is 0. The summed E-state index contributed by atoms with van der Waals surface area (Å²) in [6.07, 6.45) is 4.14. The molecule has 0 spiro atoms. The van der Waals surface area contributed by atoms with Crippen molar-refractivity contribution in [3.05, 3.63) is 95.9 Å². The predicted octanol–water partition coefficient (Wildman–Crippen LogP) is 3.79. The van der Waals surface area contributed by atoms with Crippen molar-refractivity contribution in [3.8, 4) is 0 Å². The Kier molecular flexibility index (Phi) is 5.33. The van der Waals surface area contributed by atoms with Crippen LogP contribution in [0.2, 0.25) is 0 Å². The lowest BCUT2D eigenvalue weighted by Gasteiger charge is -2.07. The predicted molar refractivity (Wildman–Crippen MR) is 113 cm³/mol. The van der Waals surface area contributed by atoms with E-state index in [2.05, 4.69) is 26.7 Å². The normalized spacial score (nSPS) is 10.6. The van der Waals surface area contributed by atoms with Gasteiger partial charge in [0.05, 0.1) is 0 Å². The molecule has 0 aliphatic carbocycles. The highest BCUT2D eigenvalue weighted by Crippen LogP contribution is 2.17. The zero-order valence-electron chi connectivity index (χ0n) is 15.7. The van der Waals surface area contributed by atoms with Crippen molar-refractivity contribution < 1.29 is 9.59 Å². The van der Waals surface area contributed by atoms with Gasteiger partial charge in [0.15, 0.2) is 0 Å². The average molecular weight is 384 g/mol. The fourth-order valence-electron chi connectivity index (χ4n) is 3.16. The van der Waals surface area contributed by atoms with Crippen LogP contribution in [0.15, 0.2) is 79.1 Å². The molecule has 4 rings (SSSR count). The third-order valence-electron chi connectivity index (χ3n) is 4.64. The number of nitrogens with zero attached hydrogens (tertiary/aromatic N) is 1. The molecule has 0 aliphatic rings. The molecule has 0 aliphatic heterocycles. The third-order valence-corrected chi connectivity index (χ3v) is 4.64. The fraction of sp³-hybridized carbons (Fsp3) is 0.0870. The number of aromatic amines is 1. The molecule has 4 aromatic rings. The summed E-state index contributed by atoms with van der Waals surface area (Å²) in [6, 6.07) is 20.3. The number of benzene rings is 2. The van der Waals surface area contributed by atoms with Gasteiger partial charge in [-0.15, -0.1) is 0 Å². The molecule has 6 nitrogen and oxygen atoms in total. The molecule has 2 aromatic carbocycles. The number of hydrogen-bond acceptors (Lipinski definition) is 3. The Morgan fingerprint density at radius 3 is 2.59 bits per heavy atom. The van der Waals surface area contributed by atoms with Gasteiger partial charge in [-0.25, -0.2) is 0 Å². The zero-order valence-corrected chi connectivity index (χ0v) is 15.7. The molecule has 0 fully saturated rings. The van der Waals surface area contributed by atoms with Crippen molar-refractivity contribution >= 4 is 28.4 Å². The van der Waals surface area contributed by atoms with E-state index in [1.807, 2.05) is 42.6 Å². The molecular formula is C23H20N4O2. The van der Waals surface area contributed by atoms with Gasteiger partial charge in [-0.3, -0.25) is 14.6 Å². The summed E-state index contributed by atoms with van der Waals surface area (Å²) in [6.45, 7) is 0.495. The van der Waals surface area contributed by atoms with Crippen LogP contribution in [-0.2, 0) is 6.42 Å². The molecule has 3 N–H and O–H groups in total. The monoisotopic (exact) mass is 384 g/mol. The minimum absolute atomic E-state index is 0.193. The first-order chi connectivity index (χ1) is 14.2. The molecule has 2 amide bonds. The van der Waals surface area contributed by atoms with Crippen LogP contribution in [0.1, 0.15) is 26.4 Å². The topological polar surface area (TPSA) is 86.9 Å². The van der Waals surface area contributed by atoms with Crippen LogP contribution >= 0.6 is 0 Å². The Labute approximate surface area is 168 Å². The van der Waals surface area contributed by atoms with E-state index in [9.17, 15) is 9.59 Å². The Morgan fingerprint density at radius 2 is 1.72 bits per heavy atom. The number of para-hydroxylation sites is 2. The summed E-state index contributed by atoms with van der Waals surface area (Å²) >= 11 is 0. The van der Waals surface area contributed by atoms with E-state index in [0.29, 0.717) is 24.2 Å². The van der Waals surface area contributed by atoms with Gasteiger partial charge < -0.3 is 15.6 Å². The molecule has 29 heavy (non-hydrogen) atoms. The third kappa shape index (κ3) is 4.32. The second-order valence-corrected chi connectivity index (χ2v) is 6.62. The van der Waals surface area contributed by atoms with E-state index in [-0.39, 0.29) is 17.5 Å². The molecule has 0 radical (unpaired) electrons. The van der Waals surface area contributed by atoms with E-state index in [0.717, 1.165) is 16.5 Å². The molecule has 0 unspecified atom stereocenters. The number of carbonyl (C=O) groups is 2. The standard InChI is InChI=1S/C23H20N4O2/c28-22(25-13-11-17-15-26-20-9-5-4-8-19(17)20)16-10-12-24-21(14-16)23(29)27-18-6-2-1-3-7-18/h1-10,12,14-15,26H,11,13H2,(H,25,28)(H,27,29). The van der Waals surface area contributed by atoms with Crippen molar-refractivity contribution in [2.75, 3.05) is 11.9 Å². The maximum atomic E-state index is 12.5. The molecule has 2 aromatic heterocycles. The molecule has 6 heteroatoms. The number of aromatic nitrogens is 2. The second-order valence-electron chi connectivity index (χ2n) is 6.62. The number of amides is 2. The van der Waals surface area contributed by atoms with Gasteiger partial charge in [-0.1, -0.05) is 36.4 Å². The van der Waals surface area contributed by atoms with Crippen LogP contribution < -0.4 is 10.6 Å². The smallest absolute Gasteiger partial charge is 0.274 e. The van der Waals surface area contributed by atoms with E-state index in [4.69, 9.17) is 0 Å². The van der Waals surface area contributed by atoms with Gasteiger partial charge in [-0.2, -0.15) is 0 Å². The lowest BCUT2D eigenvalue weighted by atomic mass is 10.1. The van der Waals surface area contributed by atoms with Gasteiger partial charge in [0.1, 0.15) is 5.69 Å². The molecular weight excluding hydrogens is 364 g/mol. The number of nitrogens with one attached hydrogen (secondary N) is 3. The number of pyridine rings is 1. The molecule has 0 saturated heterocycles. The van der Waals surface area contributed by atoms with Crippen LogP contribution in [0.4, 0.5) is 5.69 Å². The number of anilines is 1. The van der Waals surface area contributed by atoms with Crippen LogP contribution in [0.3, 0.4) is 0 Å².